The van der Waals surface area contributed by atoms with Crippen molar-refractivity contribution >= 4 is 95.4 Å². The molecule has 2 aliphatic heterocycles. The Morgan fingerprint density at radius 2 is 1.60 bits per heavy atom. The van der Waals surface area contributed by atoms with E-state index in [2.05, 4.69) is 38.7 Å². The maximum absolute atomic E-state index is 14.1. The van der Waals surface area contributed by atoms with Gasteiger partial charge in [-0.25, -0.2) is 23.5 Å². The molecule has 3 aliphatic rings. The largest absolute Gasteiger partial charge is 0.490 e. The lowest BCUT2D eigenvalue weighted by Gasteiger charge is -2.22. The normalized spacial score (nSPS) is 18.7. The minimum atomic E-state index is -5.97. The van der Waals surface area contributed by atoms with Crippen LogP contribution in [0.3, 0.4) is 0 Å². The number of phosphoric ester groups is 1. The average Bonchev–Trinajstić information content (AvgIpc) is 3.86. The lowest BCUT2D eigenvalue weighted by molar-refractivity contribution is -0.121. The van der Waals surface area contributed by atoms with E-state index in [1.165, 1.54) is 48.3 Å². The summed E-state index contributed by atoms with van der Waals surface area (Å²) in [5, 5.41) is 23.5. The van der Waals surface area contributed by atoms with Crippen LogP contribution in [-0.4, -0.2) is 145 Å². The van der Waals surface area contributed by atoms with Crippen molar-refractivity contribution in [1.29, 1.82) is 5.41 Å². The highest BCUT2D eigenvalue weighted by molar-refractivity contribution is 7.86. The molecule has 416 valence electrons. The van der Waals surface area contributed by atoms with Crippen LogP contribution in [0.4, 0.5) is 16.4 Å². The molecule has 0 radical (unpaired) electrons. The number of imidazole rings is 1. The molecule has 2 aromatic carbocycles. The Balaban J connectivity index is 0.988. The number of hydrogen-bond donors (Lipinski definition) is 13. The molecule has 6 atom stereocenters. The number of hydrogen-bond acceptors (Lipinski definition) is 23. The number of rotatable bonds is 20. The van der Waals surface area contributed by atoms with E-state index in [4.69, 9.17) is 40.6 Å². The number of anilines is 2. The lowest BCUT2D eigenvalue weighted by Crippen LogP contribution is -2.42. The quantitative estimate of drug-likeness (QED) is 0.0159. The molecule has 7 rings (SSSR count). The molecule has 1 fully saturated rings. The lowest BCUT2D eigenvalue weighted by atomic mass is 9.90. The number of carbonyl (C=O) groups excluding carboxylic acids is 3. The van der Waals surface area contributed by atoms with Crippen LogP contribution >= 0.6 is 23.5 Å². The van der Waals surface area contributed by atoms with Crippen molar-refractivity contribution in [2.45, 2.75) is 47.2 Å². The third kappa shape index (κ3) is 13.2. The summed E-state index contributed by atoms with van der Waals surface area (Å²) in [6, 6.07) is 10.5. The first-order valence-electron chi connectivity index (χ1n) is 21.5. The summed E-state index contributed by atoms with van der Waals surface area (Å²) < 4.78 is 136. The van der Waals surface area contributed by atoms with Crippen molar-refractivity contribution in [3.05, 3.63) is 76.1 Å². The van der Waals surface area contributed by atoms with Crippen LogP contribution < -0.4 is 33.0 Å². The Bertz CT molecular complexity index is 3810. The van der Waals surface area contributed by atoms with Gasteiger partial charge in [-0.15, -0.1) is 0 Å². The molecule has 4 heterocycles. The fraction of sp³-hybridized carbons (Fsp3) is 0.289. The Kier molecular flexibility index (Phi) is 16.6. The summed E-state index contributed by atoms with van der Waals surface area (Å²) in [4.78, 5) is 98.8. The van der Waals surface area contributed by atoms with Gasteiger partial charge in [0.05, 0.1) is 24.0 Å². The summed E-state index contributed by atoms with van der Waals surface area (Å²) in [6.45, 7) is -1.84. The first kappa shape index (κ1) is 58.1. The monoisotopic (exact) mass is 1180 g/mol. The van der Waals surface area contributed by atoms with E-state index in [1.807, 2.05) is 0 Å². The predicted molar refractivity (Wildman–Crippen MR) is 258 cm³/mol. The van der Waals surface area contributed by atoms with Gasteiger partial charge in [0.1, 0.15) is 12.2 Å². The number of nitrogens with zero attached hydrogens (tertiary/aromatic N) is 4. The number of aliphatic hydroxyl groups is 1. The zero-order chi connectivity index (χ0) is 56.7. The zero-order valence-electron chi connectivity index (χ0n) is 38.9. The second-order valence-corrected chi connectivity index (χ2v) is 23.5. The molecule has 0 spiro atoms. The number of nitrogens with one attached hydrogen (secondary N) is 4. The van der Waals surface area contributed by atoms with Crippen molar-refractivity contribution in [1.82, 2.24) is 35.1 Å². The van der Waals surface area contributed by atoms with Crippen molar-refractivity contribution in [3.8, 4) is 22.5 Å². The molecule has 15 N–H and O–H groups in total. The molecule has 3 amide bonds. The van der Waals surface area contributed by atoms with Gasteiger partial charge in [-0.05, 0) is 42.3 Å². The molecule has 0 saturated carbocycles. The van der Waals surface area contributed by atoms with Crippen LogP contribution in [0.25, 0.3) is 44.6 Å². The highest BCUT2D eigenvalue weighted by Crippen LogP contribution is 2.66. The number of aliphatic hydroxyl groups excluding tert-OH is 1. The number of ether oxygens (including phenoxy) is 2. The van der Waals surface area contributed by atoms with Crippen molar-refractivity contribution in [3.63, 3.8) is 0 Å². The first-order valence-corrected chi connectivity index (χ1v) is 28.9. The summed E-state index contributed by atoms with van der Waals surface area (Å²) in [5.74, 6) is -2.32. The average molecular weight is 1180 g/mol. The molecular weight excluding hydrogens is 1140 g/mol. The Morgan fingerprint density at radius 1 is 0.922 bits per heavy atom. The van der Waals surface area contributed by atoms with Crippen molar-refractivity contribution < 1.29 is 106 Å². The van der Waals surface area contributed by atoms with E-state index >= 15 is 0 Å². The number of alkyl carbamates (subject to hydrolysis) is 1. The third-order valence-corrected chi connectivity index (χ3v) is 16.7. The first-order chi connectivity index (χ1) is 35.8. The molecule has 77 heavy (non-hydrogen) atoms. The number of nitrogen functional groups attached to an aromatic ring is 2. The molecule has 0 bridgehead atoms. The number of phosphoric acid groups is 3. The molecule has 1 saturated heterocycles. The molecule has 4 aromatic rings. The van der Waals surface area contributed by atoms with Crippen molar-refractivity contribution in [2.24, 2.45) is 0 Å². The van der Waals surface area contributed by atoms with Gasteiger partial charge in [0.2, 0.25) is 11.9 Å². The number of amides is 3. The van der Waals surface area contributed by atoms with Gasteiger partial charge >= 0.3 is 29.6 Å². The predicted octanol–water partition coefficient (Wildman–Crippen LogP) is 0.140. The van der Waals surface area contributed by atoms with E-state index in [0.29, 0.717) is 0 Å². The number of fused-ring (bicyclic) bond motifs is 3. The Morgan fingerprint density at radius 3 is 2.27 bits per heavy atom. The number of carbonyl (C=O) groups is 3. The van der Waals surface area contributed by atoms with Gasteiger partial charge < -0.3 is 65.6 Å². The van der Waals surface area contributed by atoms with Crippen LogP contribution in [0, 0.1) is 5.41 Å². The van der Waals surface area contributed by atoms with E-state index < -0.39 is 136 Å². The number of nitrogens with two attached hydrogens (primary N) is 2. The number of aromatic amines is 1. The Labute approximate surface area is 430 Å². The third-order valence-electron chi connectivity index (χ3n) is 11.0. The van der Waals surface area contributed by atoms with Crippen LogP contribution in [0.1, 0.15) is 29.4 Å². The SMILES string of the molecule is CN(CCCC(=O)NCCNC(=O)O[C@H]1[C@@H](O)[C@H](n2cnc3c(=O)[nH]c(N)nc32)O[C@@H]1COP(=O)(O)OP(=O)(O)OP(=O)(O)O)C(=O)c1ccccc1-c1c2ccc(=N)c(S(=O)(=O)O)c-2oc2c(S(=O)(=O)O)c(N)ccc12. The van der Waals surface area contributed by atoms with E-state index in [9.17, 15) is 73.7 Å². The van der Waals surface area contributed by atoms with Crippen LogP contribution in [0.2, 0.25) is 0 Å². The van der Waals surface area contributed by atoms with E-state index in [1.54, 1.807) is 0 Å². The minimum Gasteiger partial charge on any atom is -0.453 e. The fourth-order valence-electron chi connectivity index (χ4n) is 7.92. The molecule has 2 aromatic heterocycles. The van der Waals surface area contributed by atoms with Gasteiger partial charge in [0.25, 0.3) is 31.7 Å². The van der Waals surface area contributed by atoms with Crippen molar-refractivity contribution in [2.75, 3.05) is 44.8 Å². The van der Waals surface area contributed by atoms with E-state index in [-0.39, 0.29) is 71.3 Å². The summed E-state index contributed by atoms with van der Waals surface area (Å²) in [7, 11) is -26.5. The topological polar surface area (TPSA) is 538 Å². The highest BCUT2D eigenvalue weighted by atomic mass is 32.2. The molecule has 39 heteroatoms. The molecular formula is C38H43N10O24P3S2. The molecule has 34 nitrogen and oxygen atoms in total. The minimum absolute atomic E-state index is 0.0153. The van der Waals surface area contributed by atoms with E-state index in [0.717, 1.165) is 23.0 Å². The van der Waals surface area contributed by atoms with Crippen LogP contribution in [-0.2, 0) is 61.3 Å². The fourth-order valence-corrected chi connectivity index (χ4v) is 12.4. The zero-order valence-corrected chi connectivity index (χ0v) is 43.2. The van der Waals surface area contributed by atoms with Gasteiger partial charge in [0.15, 0.2) is 44.6 Å². The number of benzene rings is 3. The van der Waals surface area contributed by atoms with Gasteiger partial charge in [0, 0.05) is 55.2 Å². The summed E-state index contributed by atoms with van der Waals surface area (Å²) in [5.41, 5.74) is 8.95. The highest BCUT2D eigenvalue weighted by Gasteiger charge is 2.50. The summed E-state index contributed by atoms with van der Waals surface area (Å²) >= 11 is 0. The number of aromatic nitrogens is 4. The molecule has 1 aliphatic carbocycles. The molecule has 2 unspecified atom stereocenters. The summed E-state index contributed by atoms with van der Waals surface area (Å²) in [6.07, 6.45) is -7.71. The van der Waals surface area contributed by atoms with Gasteiger partial charge in [-0.1, -0.05) is 18.2 Å². The van der Waals surface area contributed by atoms with Gasteiger partial charge in [-0.3, -0.25) is 43.0 Å². The number of H-pyrrole nitrogens is 1. The standard InChI is InChI=1S/C38H43N10O24P3S2/c1-47(35(52)18-6-3-2-5-17(18)25-19-8-10-21(39)31(76(61,62)63)28(19)69-29-20(25)9-11-22(40)32(29)77(64,65)66)14-4-7-24(49)42-12-13-43-38(53)70-30-23(15-67-74(57,58)72-75(59,60)71-73(54,55)56)68-36(27(30)50)48-16-44-26-33(48)45-37(41)46-34(26)51/h2-3,5-6,8-11,16,23,27,30,36,39,50H,4,7,12-15,40H2,1H3,(H,42,49)(H,43,53)(H,57,58)(H,59,60)(H2,54,55,56)(H,61,62,63)(H,64,65,66)(H3,41,45,46,51)/t23-,27-,30-,36-/m1/s1. The van der Waals surface area contributed by atoms with Crippen LogP contribution in [0.5, 0.6) is 0 Å². The maximum Gasteiger partial charge on any atom is 0.490 e. The Hall–Kier alpha value is -6.56. The van der Waals surface area contributed by atoms with Gasteiger partial charge in [-0.2, -0.15) is 30.4 Å². The maximum atomic E-state index is 14.1. The second kappa shape index (κ2) is 22.1. The second-order valence-electron chi connectivity index (χ2n) is 16.3. The van der Waals surface area contributed by atoms with Crippen LogP contribution in [0.15, 0.2) is 73.9 Å². The smallest absolute Gasteiger partial charge is 0.453 e.